The van der Waals surface area contributed by atoms with E-state index in [2.05, 4.69) is 5.10 Å². The maximum absolute atomic E-state index is 12.4. The maximum Gasteiger partial charge on any atom is 0.435 e. The van der Waals surface area contributed by atoms with E-state index >= 15 is 0 Å². The highest BCUT2D eigenvalue weighted by Gasteiger charge is 2.33. The van der Waals surface area contributed by atoms with Gasteiger partial charge in [0.2, 0.25) is 0 Å². The van der Waals surface area contributed by atoms with E-state index in [1.807, 2.05) is 0 Å². The molecule has 1 N–H and O–H groups in total. The number of hydrogen-bond donors (Lipinski definition) is 1. The second kappa shape index (κ2) is 5.36. The van der Waals surface area contributed by atoms with Crippen LogP contribution in [0.4, 0.5) is 13.2 Å². The van der Waals surface area contributed by atoms with E-state index in [1.165, 1.54) is 10.9 Å². The number of rotatable bonds is 4. The lowest BCUT2D eigenvalue weighted by atomic mass is 10.1. The first-order valence-corrected chi connectivity index (χ1v) is 5.75. The highest BCUT2D eigenvalue weighted by molar-refractivity contribution is 5.70. The van der Waals surface area contributed by atoms with E-state index in [9.17, 15) is 18.0 Å². The smallest absolute Gasteiger partial charge is 0.435 e. The Morgan fingerprint density at radius 1 is 1.15 bits per heavy atom. The van der Waals surface area contributed by atoms with Crippen molar-refractivity contribution in [2.45, 2.75) is 19.1 Å². The Morgan fingerprint density at radius 2 is 1.75 bits per heavy atom. The summed E-state index contributed by atoms with van der Waals surface area (Å²) < 4.78 is 38.3. The Morgan fingerprint density at radius 3 is 2.25 bits per heavy atom. The fourth-order valence-corrected chi connectivity index (χ4v) is 1.73. The molecular weight excluding hydrogens is 273 g/mol. The molecule has 0 saturated heterocycles. The minimum absolute atomic E-state index is 0.0831. The van der Waals surface area contributed by atoms with E-state index in [0.29, 0.717) is 5.56 Å². The molecule has 7 heteroatoms. The van der Waals surface area contributed by atoms with Gasteiger partial charge in [0, 0.05) is 6.20 Å². The van der Waals surface area contributed by atoms with Crippen LogP contribution in [-0.4, -0.2) is 20.9 Å². The van der Waals surface area contributed by atoms with Crippen molar-refractivity contribution in [1.29, 1.82) is 0 Å². The SMILES string of the molecule is O=C(O)Cc1ccc(Cn2ccc(C(F)(F)F)n2)cc1. The minimum atomic E-state index is -4.45. The van der Waals surface area contributed by atoms with Crippen LogP contribution in [0, 0.1) is 0 Å². The molecule has 0 aliphatic rings. The third-order valence-corrected chi connectivity index (χ3v) is 2.65. The summed E-state index contributed by atoms with van der Waals surface area (Å²) in [5, 5.41) is 12.1. The number of carboxylic acids is 1. The first kappa shape index (κ1) is 14.1. The number of hydrogen-bond acceptors (Lipinski definition) is 2. The molecule has 0 atom stereocenters. The fourth-order valence-electron chi connectivity index (χ4n) is 1.73. The quantitative estimate of drug-likeness (QED) is 0.938. The van der Waals surface area contributed by atoms with Crippen LogP contribution in [0.2, 0.25) is 0 Å². The molecule has 1 aromatic heterocycles. The van der Waals surface area contributed by atoms with Crippen LogP contribution < -0.4 is 0 Å². The first-order valence-electron chi connectivity index (χ1n) is 5.75. The second-order valence-electron chi connectivity index (χ2n) is 4.28. The van der Waals surface area contributed by atoms with Crippen molar-refractivity contribution in [3.05, 3.63) is 53.3 Å². The van der Waals surface area contributed by atoms with Gasteiger partial charge in [-0.15, -0.1) is 0 Å². The summed E-state index contributed by atoms with van der Waals surface area (Å²) in [4.78, 5) is 10.5. The molecule has 0 saturated carbocycles. The van der Waals surface area contributed by atoms with Crippen molar-refractivity contribution in [3.63, 3.8) is 0 Å². The zero-order chi connectivity index (χ0) is 14.8. The van der Waals surface area contributed by atoms with Crippen LogP contribution in [0.5, 0.6) is 0 Å². The van der Waals surface area contributed by atoms with Gasteiger partial charge in [0.05, 0.1) is 13.0 Å². The summed E-state index contributed by atoms with van der Waals surface area (Å²) in [6, 6.07) is 7.54. The van der Waals surface area contributed by atoms with Crippen molar-refractivity contribution in [2.24, 2.45) is 0 Å². The standard InChI is InChI=1S/C13H11F3N2O2/c14-13(15,16)11-5-6-18(17-11)8-10-3-1-9(2-4-10)7-12(19)20/h1-6H,7-8H2,(H,19,20). The van der Waals surface area contributed by atoms with Gasteiger partial charge in [-0.05, 0) is 17.2 Å². The van der Waals surface area contributed by atoms with E-state index in [1.54, 1.807) is 24.3 Å². The minimum Gasteiger partial charge on any atom is -0.481 e. The Labute approximate surface area is 112 Å². The van der Waals surface area contributed by atoms with Gasteiger partial charge in [-0.25, -0.2) is 0 Å². The number of benzene rings is 1. The van der Waals surface area contributed by atoms with Crippen LogP contribution in [0.3, 0.4) is 0 Å². The summed E-state index contributed by atoms with van der Waals surface area (Å²) in [7, 11) is 0. The third kappa shape index (κ3) is 3.59. The van der Waals surface area contributed by atoms with Gasteiger partial charge in [0.15, 0.2) is 5.69 Å². The topological polar surface area (TPSA) is 55.1 Å². The number of aromatic nitrogens is 2. The lowest BCUT2D eigenvalue weighted by Crippen LogP contribution is -2.08. The fraction of sp³-hybridized carbons (Fsp3) is 0.231. The molecule has 0 radical (unpaired) electrons. The predicted octanol–water partition coefficient (Wildman–Crippen LogP) is 2.58. The van der Waals surface area contributed by atoms with Gasteiger partial charge in [-0.1, -0.05) is 24.3 Å². The van der Waals surface area contributed by atoms with Gasteiger partial charge in [-0.3, -0.25) is 9.48 Å². The number of aliphatic carboxylic acids is 1. The summed E-state index contributed by atoms with van der Waals surface area (Å²) >= 11 is 0. The Balaban J connectivity index is 2.06. The number of alkyl halides is 3. The van der Waals surface area contributed by atoms with Crippen LogP contribution in [-0.2, 0) is 23.9 Å². The van der Waals surface area contributed by atoms with Gasteiger partial charge >= 0.3 is 12.1 Å². The maximum atomic E-state index is 12.4. The van der Waals surface area contributed by atoms with Gasteiger partial charge < -0.3 is 5.11 Å². The van der Waals surface area contributed by atoms with E-state index in [-0.39, 0.29) is 13.0 Å². The van der Waals surface area contributed by atoms with Crippen molar-refractivity contribution < 1.29 is 23.1 Å². The van der Waals surface area contributed by atoms with E-state index < -0.39 is 17.8 Å². The molecule has 2 aromatic rings. The van der Waals surface area contributed by atoms with Gasteiger partial charge in [-0.2, -0.15) is 18.3 Å². The molecule has 4 nitrogen and oxygen atoms in total. The molecule has 0 fully saturated rings. The normalized spacial score (nSPS) is 11.6. The number of halogens is 3. The zero-order valence-corrected chi connectivity index (χ0v) is 10.3. The lowest BCUT2D eigenvalue weighted by Gasteiger charge is -2.04. The molecule has 0 unspecified atom stereocenters. The summed E-state index contributed by atoms with van der Waals surface area (Å²) in [5.74, 6) is -0.931. The second-order valence-corrected chi connectivity index (χ2v) is 4.28. The van der Waals surface area contributed by atoms with Gasteiger partial charge in [0.1, 0.15) is 0 Å². The number of carboxylic acid groups (broad SMARTS) is 1. The Bertz CT molecular complexity index is 603. The van der Waals surface area contributed by atoms with Crippen molar-refractivity contribution in [1.82, 2.24) is 9.78 Å². The Hall–Kier alpha value is -2.31. The van der Waals surface area contributed by atoms with E-state index in [4.69, 9.17) is 5.11 Å². The van der Waals surface area contributed by atoms with Crippen molar-refractivity contribution >= 4 is 5.97 Å². The van der Waals surface area contributed by atoms with Crippen LogP contribution in [0.1, 0.15) is 16.8 Å². The Kier molecular flexibility index (Phi) is 3.78. The molecule has 20 heavy (non-hydrogen) atoms. The van der Waals surface area contributed by atoms with Crippen LogP contribution >= 0.6 is 0 Å². The van der Waals surface area contributed by atoms with Crippen molar-refractivity contribution in [3.8, 4) is 0 Å². The molecule has 0 amide bonds. The summed E-state index contributed by atoms with van der Waals surface area (Å²) in [6.45, 7) is 0.198. The number of nitrogens with zero attached hydrogens (tertiary/aromatic N) is 2. The largest absolute Gasteiger partial charge is 0.481 e. The number of carbonyl (C=O) groups is 1. The molecule has 0 bridgehead atoms. The van der Waals surface area contributed by atoms with Crippen LogP contribution in [0.25, 0.3) is 0 Å². The summed E-state index contributed by atoms with van der Waals surface area (Å²) in [5.41, 5.74) is 0.452. The molecule has 1 aromatic carbocycles. The highest BCUT2D eigenvalue weighted by atomic mass is 19.4. The van der Waals surface area contributed by atoms with Gasteiger partial charge in [0.25, 0.3) is 0 Å². The third-order valence-electron chi connectivity index (χ3n) is 2.65. The molecule has 0 aliphatic carbocycles. The first-order chi connectivity index (χ1) is 9.34. The molecule has 0 aliphatic heterocycles. The van der Waals surface area contributed by atoms with Crippen molar-refractivity contribution in [2.75, 3.05) is 0 Å². The average Bonchev–Trinajstić information content (AvgIpc) is 2.79. The zero-order valence-electron chi connectivity index (χ0n) is 10.3. The average molecular weight is 284 g/mol. The summed E-state index contributed by atoms with van der Waals surface area (Å²) in [6.07, 6.45) is -3.27. The van der Waals surface area contributed by atoms with Crippen LogP contribution in [0.15, 0.2) is 36.5 Å². The molecule has 106 valence electrons. The predicted molar refractivity (Wildman–Crippen MR) is 64.1 cm³/mol. The molecule has 1 heterocycles. The molecular formula is C13H11F3N2O2. The highest BCUT2D eigenvalue weighted by Crippen LogP contribution is 2.27. The molecule has 2 rings (SSSR count). The monoisotopic (exact) mass is 284 g/mol. The van der Waals surface area contributed by atoms with E-state index in [0.717, 1.165) is 11.6 Å². The molecule has 0 spiro atoms. The lowest BCUT2D eigenvalue weighted by molar-refractivity contribution is -0.141.